The molecule has 0 heterocycles. The summed E-state index contributed by atoms with van der Waals surface area (Å²) in [5.74, 6) is 4.71. The Bertz CT molecular complexity index is 252. The first kappa shape index (κ1) is 11.4. The van der Waals surface area contributed by atoms with Crippen LogP contribution in [0.1, 0.15) is 6.42 Å². The van der Waals surface area contributed by atoms with Crippen LogP contribution >= 0.6 is 0 Å². The molecule has 13 heavy (non-hydrogen) atoms. The van der Waals surface area contributed by atoms with Gasteiger partial charge in [-0.05, 0) is 5.57 Å². The van der Waals surface area contributed by atoms with Gasteiger partial charge in [0.25, 0.3) is 0 Å². The van der Waals surface area contributed by atoms with Gasteiger partial charge >= 0.3 is 0 Å². The van der Waals surface area contributed by atoms with E-state index in [1.165, 1.54) is 0 Å². The third-order valence-corrected chi connectivity index (χ3v) is 1.30. The molecule has 1 amide bonds. The molecule has 0 unspecified atom stereocenters. The fourth-order valence-corrected chi connectivity index (χ4v) is 0.753. The predicted molar refractivity (Wildman–Crippen MR) is 54.6 cm³/mol. The second-order valence-electron chi connectivity index (χ2n) is 2.32. The minimum atomic E-state index is -0.234. The largest absolute Gasteiger partial charge is 0.294 e. The van der Waals surface area contributed by atoms with Gasteiger partial charge in [0.2, 0.25) is 5.91 Å². The molecule has 0 aliphatic carbocycles. The highest BCUT2D eigenvalue weighted by Gasteiger charge is 1.99. The number of nitrogens with two attached hydrogens (primary N) is 1. The minimum Gasteiger partial charge on any atom is -0.294 e. The van der Waals surface area contributed by atoms with Crippen molar-refractivity contribution >= 4 is 5.91 Å². The van der Waals surface area contributed by atoms with Crippen LogP contribution in [-0.2, 0) is 4.79 Å². The second-order valence-corrected chi connectivity index (χ2v) is 2.32. The molecule has 3 N–H and O–H groups in total. The first-order valence-electron chi connectivity index (χ1n) is 3.84. The van der Waals surface area contributed by atoms with Crippen molar-refractivity contribution in [1.29, 1.82) is 0 Å². The lowest BCUT2D eigenvalue weighted by Gasteiger charge is -1.99. The monoisotopic (exact) mass is 178 g/mol. The summed E-state index contributed by atoms with van der Waals surface area (Å²) in [6.07, 6.45) is 8.77. The molecule has 0 atom stereocenters. The Morgan fingerprint density at radius 1 is 1.38 bits per heavy atom. The molecule has 0 fully saturated rings. The van der Waals surface area contributed by atoms with Crippen molar-refractivity contribution in [3.05, 3.63) is 49.1 Å². The SMILES string of the molecule is C=C/C=C\C(=C/C=C)CC(=O)NN. The van der Waals surface area contributed by atoms with Crippen molar-refractivity contribution in [1.82, 2.24) is 5.43 Å². The maximum Gasteiger partial charge on any atom is 0.238 e. The zero-order chi connectivity index (χ0) is 10.1. The van der Waals surface area contributed by atoms with Crippen molar-refractivity contribution in [3.63, 3.8) is 0 Å². The van der Waals surface area contributed by atoms with Crippen LogP contribution in [0, 0.1) is 0 Å². The van der Waals surface area contributed by atoms with E-state index in [-0.39, 0.29) is 12.3 Å². The number of nitrogens with one attached hydrogen (secondary N) is 1. The lowest BCUT2D eigenvalue weighted by molar-refractivity contribution is -0.120. The highest BCUT2D eigenvalue weighted by atomic mass is 16.2. The first-order chi connectivity index (χ1) is 6.24. The van der Waals surface area contributed by atoms with E-state index in [1.807, 2.05) is 0 Å². The molecule has 70 valence electrons. The Balaban J connectivity index is 4.34. The number of hydrogen-bond acceptors (Lipinski definition) is 2. The van der Waals surface area contributed by atoms with Gasteiger partial charge in [-0.25, -0.2) is 5.84 Å². The number of hydrazine groups is 1. The standard InChI is InChI=1S/C10H14N2O/c1-3-5-7-9(6-4-2)8-10(13)12-11/h3-7H,1-2,8,11H2,(H,12,13)/b7-5-,9-6+. The number of amides is 1. The van der Waals surface area contributed by atoms with Gasteiger partial charge in [0, 0.05) is 0 Å². The maximum absolute atomic E-state index is 10.9. The van der Waals surface area contributed by atoms with Crippen LogP contribution in [0.25, 0.3) is 0 Å². The van der Waals surface area contributed by atoms with Gasteiger partial charge in [-0.2, -0.15) is 0 Å². The quantitative estimate of drug-likeness (QED) is 0.288. The van der Waals surface area contributed by atoms with E-state index in [9.17, 15) is 4.79 Å². The van der Waals surface area contributed by atoms with Gasteiger partial charge in [-0.1, -0.05) is 43.5 Å². The fourth-order valence-electron chi connectivity index (χ4n) is 0.753. The summed E-state index contributed by atoms with van der Waals surface area (Å²) in [6.45, 7) is 7.07. The molecule has 0 aromatic rings. The van der Waals surface area contributed by atoms with E-state index in [0.717, 1.165) is 5.57 Å². The second kappa shape index (κ2) is 7.06. The smallest absolute Gasteiger partial charge is 0.238 e. The topological polar surface area (TPSA) is 55.1 Å². The normalized spacial score (nSPS) is 11.3. The first-order valence-corrected chi connectivity index (χ1v) is 3.84. The summed E-state index contributed by atoms with van der Waals surface area (Å²) >= 11 is 0. The van der Waals surface area contributed by atoms with Crippen LogP contribution in [0.4, 0.5) is 0 Å². The van der Waals surface area contributed by atoms with Gasteiger partial charge in [-0.15, -0.1) is 0 Å². The van der Waals surface area contributed by atoms with Gasteiger partial charge in [0.1, 0.15) is 0 Å². The van der Waals surface area contributed by atoms with Crippen LogP contribution in [0.2, 0.25) is 0 Å². The number of hydrogen-bond donors (Lipinski definition) is 2. The molecule has 0 spiro atoms. The average molecular weight is 178 g/mol. The molecule has 0 aromatic heterocycles. The summed E-state index contributed by atoms with van der Waals surface area (Å²) in [7, 11) is 0. The summed E-state index contributed by atoms with van der Waals surface area (Å²) < 4.78 is 0. The van der Waals surface area contributed by atoms with Gasteiger partial charge < -0.3 is 0 Å². The van der Waals surface area contributed by atoms with E-state index in [2.05, 4.69) is 18.6 Å². The van der Waals surface area contributed by atoms with Crippen molar-refractivity contribution < 1.29 is 4.79 Å². The van der Waals surface area contributed by atoms with Gasteiger partial charge in [-0.3, -0.25) is 10.2 Å². The van der Waals surface area contributed by atoms with Crippen molar-refractivity contribution in [3.8, 4) is 0 Å². The van der Waals surface area contributed by atoms with E-state index in [0.29, 0.717) is 0 Å². The molecule has 0 rings (SSSR count). The Morgan fingerprint density at radius 3 is 2.54 bits per heavy atom. The van der Waals surface area contributed by atoms with Gasteiger partial charge in [0.05, 0.1) is 6.42 Å². The summed E-state index contributed by atoms with van der Waals surface area (Å²) in [5.41, 5.74) is 2.89. The number of allylic oxidation sites excluding steroid dienone is 5. The molecule has 3 heteroatoms. The van der Waals surface area contributed by atoms with Crippen LogP contribution in [0.5, 0.6) is 0 Å². The van der Waals surface area contributed by atoms with Crippen LogP contribution in [-0.4, -0.2) is 5.91 Å². The summed E-state index contributed by atoms with van der Waals surface area (Å²) in [5, 5.41) is 0. The zero-order valence-electron chi connectivity index (χ0n) is 7.49. The third kappa shape index (κ3) is 5.64. The number of rotatable bonds is 5. The highest BCUT2D eigenvalue weighted by molar-refractivity contribution is 5.78. The average Bonchev–Trinajstić information content (AvgIpc) is 2.14. The Morgan fingerprint density at radius 2 is 2.08 bits per heavy atom. The third-order valence-electron chi connectivity index (χ3n) is 1.30. The number of carbonyl (C=O) groups is 1. The van der Waals surface area contributed by atoms with Crippen LogP contribution in [0.15, 0.2) is 49.1 Å². The predicted octanol–water partition coefficient (Wildman–Crippen LogP) is 1.22. The van der Waals surface area contributed by atoms with Crippen LogP contribution < -0.4 is 11.3 Å². The van der Waals surface area contributed by atoms with E-state index < -0.39 is 0 Å². The molecule has 3 nitrogen and oxygen atoms in total. The fraction of sp³-hybridized carbons (Fsp3) is 0.100. The Hall–Kier alpha value is -1.61. The van der Waals surface area contributed by atoms with Crippen LogP contribution in [0.3, 0.4) is 0 Å². The summed E-state index contributed by atoms with van der Waals surface area (Å²) in [4.78, 5) is 10.9. The van der Waals surface area contributed by atoms with E-state index >= 15 is 0 Å². The van der Waals surface area contributed by atoms with Crippen molar-refractivity contribution in [2.24, 2.45) is 5.84 Å². The number of carbonyl (C=O) groups excluding carboxylic acids is 1. The van der Waals surface area contributed by atoms with Gasteiger partial charge in [0.15, 0.2) is 0 Å². The zero-order valence-corrected chi connectivity index (χ0v) is 7.49. The molecule has 0 bridgehead atoms. The molecule has 0 aliphatic heterocycles. The lowest BCUT2D eigenvalue weighted by atomic mass is 10.1. The molecule has 0 saturated carbocycles. The molecular formula is C10H14N2O. The molecular weight excluding hydrogens is 164 g/mol. The van der Waals surface area contributed by atoms with Crippen molar-refractivity contribution in [2.45, 2.75) is 6.42 Å². The van der Waals surface area contributed by atoms with E-state index in [1.54, 1.807) is 30.4 Å². The van der Waals surface area contributed by atoms with E-state index in [4.69, 9.17) is 5.84 Å². The molecule has 0 aliphatic rings. The maximum atomic E-state index is 10.9. The molecule has 0 radical (unpaired) electrons. The molecule has 0 saturated heterocycles. The Kier molecular flexibility index (Phi) is 6.19. The lowest BCUT2D eigenvalue weighted by Crippen LogP contribution is -2.29. The van der Waals surface area contributed by atoms with Crippen molar-refractivity contribution in [2.75, 3.05) is 0 Å². The molecule has 0 aromatic carbocycles. The summed E-state index contributed by atoms with van der Waals surface area (Å²) in [6, 6.07) is 0. The Labute approximate surface area is 78.3 Å². The highest BCUT2D eigenvalue weighted by Crippen LogP contribution is 2.03. The minimum absolute atomic E-state index is 0.234.